The lowest BCUT2D eigenvalue weighted by atomic mass is 10.3. The van der Waals surface area contributed by atoms with Crippen molar-refractivity contribution < 1.29 is 24.2 Å². The van der Waals surface area contributed by atoms with Gasteiger partial charge in [0.2, 0.25) is 0 Å². The van der Waals surface area contributed by atoms with E-state index in [1.54, 1.807) is 0 Å². The Balaban J connectivity index is 3.71. The van der Waals surface area contributed by atoms with Crippen LogP contribution in [0.1, 0.15) is 13.8 Å². The van der Waals surface area contributed by atoms with E-state index >= 15 is 0 Å². The largest absolute Gasteiger partial charge is 0.707 e. The summed E-state index contributed by atoms with van der Waals surface area (Å²) in [4.78, 5) is 0. The first kappa shape index (κ1) is 12.4. The molecule has 0 radical (unpaired) electrons. The van der Waals surface area contributed by atoms with Crippen molar-refractivity contribution in [2.45, 2.75) is 20.1 Å². The summed E-state index contributed by atoms with van der Waals surface area (Å²) in [7, 11) is -1.81. The maximum absolute atomic E-state index is 8.33. The second kappa shape index (κ2) is 8.06. The molecule has 0 amide bonds. The molecule has 0 bridgehead atoms. The number of hydrogen-bond donors (Lipinski definition) is 2. The average Bonchev–Trinajstić information content (AvgIpc) is 2.04. The van der Waals surface area contributed by atoms with Gasteiger partial charge in [-0.1, -0.05) is 0 Å². The molecule has 2 N–H and O–H groups in total. The van der Waals surface area contributed by atoms with E-state index in [0.29, 0.717) is 13.2 Å². The highest BCUT2D eigenvalue weighted by Crippen LogP contribution is 1.97. The molecule has 0 aliphatic heterocycles. The summed E-state index contributed by atoms with van der Waals surface area (Å²) in [5.74, 6) is 0. The van der Waals surface area contributed by atoms with Crippen LogP contribution < -0.4 is 0 Å². The van der Waals surface area contributed by atoms with Crippen molar-refractivity contribution in [1.82, 2.24) is 0 Å². The van der Waals surface area contributed by atoms with Gasteiger partial charge >= 0.3 is 7.32 Å². The molecule has 0 saturated heterocycles. The first-order valence-corrected chi connectivity index (χ1v) is 4.12. The molecule has 76 valence electrons. The Hall–Kier alpha value is -0.555. The van der Waals surface area contributed by atoms with Gasteiger partial charge in [-0.05, 0) is 13.8 Å². The van der Waals surface area contributed by atoms with E-state index in [2.05, 4.69) is 4.65 Å². The third-order valence-electron chi connectivity index (χ3n) is 1.10. The predicted octanol–water partition coefficient (Wildman–Crippen LogP) is -0.115. The van der Waals surface area contributed by atoms with Gasteiger partial charge in [0.15, 0.2) is 6.29 Å². The molecule has 0 aromatic carbocycles. The topological polar surface area (TPSA) is 68.2 Å². The van der Waals surface area contributed by atoms with Crippen molar-refractivity contribution in [3.05, 3.63) is 12.3 Å². The maximum Gasteiger partial charge on any atom is 0.707 e. The standard InChI is InChI=1S/C7H15BO5/c1-3-11-7(12-4-2)5-6-13-8(9)10/h5-7,9-10H,3-4H2,1-2H3. The van der Waals surface area contributed by atoms with Crippen LogP contribution in [0.3, 0.4) is 0 Å². The van der Waals surface area contributed by atoms with Crippen LogP contribution >= 0.6 is 0 Å². The minimum Gasteiger partial charge on any atom is -0.519 e. The van der Waals surface area contributed by atoms with E-state index in [1.165, 1.54) is 6.08 Å². The summed E-state index contributed by atoms with van der Waals surface area (Å²) in [6.45, 7) is 4.69. The second-order valence-corrected chi connectivity index (χ2v) is 2.07. The van der Waals surface area contributed by atoms with E-state index in [0.717, 1.165) is 6.26 Å². The molecule has 6 heteroatoms. The molecular weight excluding hydrogens is 175 g/mol. The summed E-state index contributed by atoms with van der Waals surface area (Å²) in [6.07, 6.45) is 2.07. The van der Waals surface area contributed by atoms with Crippen LogP contribution in [0.5, 0.6) is 0 Å². The van der Waals surface area contributed by atoms with Crippen LogP contribution in [0.15, 0.2) is 12.3 Å². The van der Waals surface area contributed by atoms with Crippen LogP contribution in [-0.2, 0) is 14.1 Å². The lowest BCUT2D eigenvalue weighted by molar-refractivity contribution is -0.104. The first-order chi connectivity index (χ1) is 6.20. The number of rotatable bonds is 7. The Bertz CT molecular complexity index is 133. The third kappa shape index (κ3) is 7.79. The molecule has 0 aromatic rings. The van der Waals surface area contributed by atoms with Crippen molar-refractivity contribution in [2.24, 2.45) is 0 Å². The third-order valence-corrected chi connectivity index (χ3v) is 1.10. The molecule has 0 unspecified atom stereocenters. The zero-order valence-corrected chi connectivity index (χ0v) is 7.84. The SMILES string of the molecule is CCOC(C=COB(O)O)OCC. The molecule has 13 heavy (non-hydrogen) atoms. The molecular formula is C7H15BO5. The summed E-state index contributed by atoms with van der Waals surface area (Å²) < 4.78 is 14.6. The Kier molecular flexibility index (Phi) is 7.72. The molecule has 0 aliphatic rings. The number of hydrogen-bond acceptors (Lipinski definition) is 5. The zero-order chi connectivity index (χ0) is 10.1. The van der Waals surface area contributed by atoms with Crippen molar-refractivity contribution in [3.63, 3.8) is 0 Å². The highest BCUT2D eigenvalue weighted by atomic mass is 16.7. The van der Waals surface area contributed by atoms with E-state index in [4.69, 9.17) is 19.5 Å². The van der Waals surface area contributed by atoms with Crippen LogP contribution in [0.25, 0.3) is 0 Å². The Morgan fingerprint density at radius 3 is 2.15 bits per heavy atom. The zero-order valence-electron chi connectivity index (χ0n) is 7.84. The van der Waals surface area contributed by atoms with Crippen LogP contribution in [-0.4, -0.2) is 36.9 Å². The van der Waals surface area contributed by atoms with Gasteiger partial charge in [0.25, 0.3) is 0 Å². The van der Waals surface area contributed by atoms with Gasteiger partial charge in [-0.25, -0.2) is 0 Å². The van der Waals surface area contributed by atoms with Crippen LogP contribution in [0.2, 0.25) is 0 Å². The van der Waals surface area contributed by atoms with Gasteiger partial charge in [0.1, 0.15) is 0 Å². The van der Waals surface area contributed by atoms with Gasteiger partial charge in [-0.2, -0.15) is 0 Å². The molecule has 0 heterocycles. The molecule has 0 saturated carbocycles. The monoisotopic (exact) mass is 190 g/mol. The Labute approximate surface area is 78.1 Å². The van der Waals surface area contributed by atoms with Gasteiger partial charge < -0.3 is 24.2 Å². The van der Waals surface area contributed by atoms with Crippen LogP contribution in [0.4, 0.5) is 0 Å². The highest BCUT2D eigenvalue weighted by Gasteiger charge is 2.07. The lowest BCUT2D eigenvalue weighted by Gasteiger charge is -2.11. The van der Waals surface area contributed by atoms with Gasteiger partial charge in [-0.3, -0.25) is 0 Å². The molecule has 0 aliphatic carbocycles. The highest BCUT2D eigenvalue weighted by molar-refractivity contribution is 6.32. The van der Waals surface area contributed by atoms with Crippen molar-refractivity contribution in [3.8, 4) is 0 Å². The quantitative estimate of drug-likeness (QED) is 0.333. The number of ether oxygens (including phenoxy) is 2. The minimum absolute atomic E-state index is 0.506. The maximum atomic E-state index is 8.33. The van der Waals surface area contributed by atoms with E-state index in [-0.39, 0.29) is 0 Å². The molecule has 0 rings (SSSR count). The first-order valence-electron chi connectivity index (χ1n) is 4.12. The Morgan fingerprint density at radius 1 is 1.23 bits per heavy atom. The summed E-state index contributed by atoms with van der Waals surface area (Å²) in [6, 6.07) is 0. The van der Waals surface area contributed by atoms with Crippen molar-refractivity contribution in [1.29, 1.82) is 0 Å². The van der Waals surface area contributed by atoms with Crippen LogP contribution in [0, 0.1) is 0 Å². The van der Waals surface area contributed by atoms with E-state index < -0.39 is 13.6 Å². The Morgan fingerprint density at radius 2 is 1.77 bits per heavy atom. The fraction of sp³-hybridized carbons (Fsp3) is 0.714. The summed E-state index contributed by atoms with van der Waals surface area (Å²) in [5, 5.41) is 16.7. The normalized spacial score (nSPS) is 11.2. The average molecular weight is 190 g/mol. The molecule has 0 spiro atoms. The summed E-state index contributed by atoms with van der Waals surface area (Å²) in [5.41, 5.74) is 0. The second-order valence-electron chi connectivity index (χ2n) is 2.07. The smallest absolute Gasteiger partial charge is 0.519 e. The fourth-order valence-corrected chi connectivity index (χ4v) is 0.668. The predicted molar refractivity (Wildman–Crippen MR) is 47.5 cm³/mol. The van der Waals surface area contributed by atoms with E-state index in [1.807, 2.05) is 13.8 Å². The molecule has 0 atom stereocenters. The van der Waals surface area contributed by atoms with Gasteiger partial charge in [-0.15, -0.1) is 0 Å². The molecule has 0 aromatic heterocycles. The lowest BCUT2D eigenvalue weighted by Crippen LogP contribution is -2.16. The summed E-state index contributed by atoms with van der Waals surface area (Å²) >= 11 is 0. The minimum atomic E-state index is -1.81. The molecule has 5 nitrogen and oxygen atoms in total. The van der Waals surface area contributed by atoms with Crippen molar-refractivity contribution >= 4 is 7.32 Å². The fourth-order valence-electron chi connectivity index (χ4n) is 0.668. The van der Waals surface area contributed by atoms with Crippen molar-refractivity contribution in [2.75, 3.05) is 13.2 Å². The van der Waals surface area contributed by atoms with E-state index in [9.17, 15) is 0 Å². The van der Waals surface area contributed by atoms with Gasteiger partial charge in [0, 0.05) is 19.3 Å². The molecule has 0 fully saturated rings. The van der Waals surface area contributed by atoms with Gasteiger partial charge in [0.05, 0.1) is 6.26 Å².